The Balaban J connectivity index is 2.31. The average molecular weight is 169 g/mol. The van der Waals surface area contributed by atoms with Gasteiger partial charge < -0.3 is 0 Å². The van der Waals surface area contributed by atoms with Crippen LogP contribution >= 0.6 is 0 Å². The first-order valence-electron chi connectivity index (χ1n) is 4.56. The second-order valence-corrected chi connectivity index (χ2v) is 3.24. The standard InChI is InChI=1S/C9H15NO2/c1-2-3-4-9(12)10(7-11)8-5-6-8/h7-8H,2-6H2,1H3. The van der Waals surface area contributed by atoms with E-state index in [1.54, 1.807) is 0 Å². The highest BCUT2D eigenvalue weighted by molar-refractivity contribution is 5.86. The fourth-order valence-corrected chi connectivity index (χ4v) is 1.16. The first-order valence-corrected chi connectivity index (χ1v) is 4.56. The van der Waals surface area contributed by atoms with E-state index in [0.717, 1.165) is 25.7 Å². The Kier molecular flexibility index (Phi) is 3.26. The fourth-order valence-electron chi connectivity index (χ4n) is 1.16. The van der Waals surface area contributed by atoms with Crippen LogP contribution in [0.1, 0.15) is 39.0 Å². The van der Waals surface area contributed by atoms with Gasteiger partial charge in [0, 0.05) is 12.5 Å². The van der Waals surface area contributed by atoms with Crippen molar-refractivity contribution in [1.82, 2.24) is 4.90 Å². The van der Waals surface area contributed by atoms with Gasteiger partial charge in [-0.05, 0) is 19.3 Å². The number of amides is 2. The van der Waals surface area contributed by atoms with Crippen molar-refractivity contribution in [1.29, 1.82) is 0 Å². The van der Waals surface area contributed by atoms with Crippen molar-refractivity contribution in [2.75, 3.05) is 0 Å². The minimum atomic E-state index is -0.00523. The van der Waals surface area contributed by atoms with Crippen LogP contribution < -0.4 is 0 Å². The highest BCUT2D eigenvalue weighted by atomic mass is 16.2. The Morgan fingerprint density at radius 1 is 1.58 bits per heavy atom. The summed E-state index contributed by atoms with van der Waals surface area (Å²) in [5, 5.41) is 0. The molecule has 2 amide bonds. The predicted molar refractivity (Wildman–Crippen MR) is 45.5 cm³/mol. The van der Waals surface area contributed by atoms with Gasteiger partial charge >= 0.3 is 0 Å². The summed E-state index contributed by atoms with van der Waals surface area (Å²) in [5.41, 5.74) is 0. The monoisotopic (exact) mass is 169 g/mol. The molecule has 1 aliphatic rings. The quantitative estimate of drug-likeness (QED) is 0.582. The van der Waals surface area contributed by atoms with E-state index in [0.29, 0.717) is 12.8 Å². The van der Waals surface area contributed by atoms with Gasteiger partial charge in [-0.3, -0.25) is 14.5 Å². The molecule has 0 saturated heterocycles. The smallest absolute Gasteiger partial charge is 0.229 e. The second-order valence-electron chi connectivity index (χ2n) is 3.24. The minimum Gasteiger partial charge on any atom is -0.282 e. The Morgan fingerprint density at radius 2 is 2.25 bits per heavy atom. The van der Waals surface area contributed by atoms with Crippen LogP contribution in [0.4, 0.5) is 0 Å². The molecule has 1 saturated carbocycles. The van der Waals surface area contributed by atoms with E-state index < -0.39 is 0 Å². The molecule has 0 unspecified atom stereocenters. The van der Waals surface area contributed by atoms with Crippen molar-refractivity contribution in [2.24, 2.45) is 0 Å². The number of carbonyl (C=O) groups is 2. The molecule has 0 radical (unpaired) electrons. The van der Waals surface area contributed by atoms with Crippen molar-refractivity contribution in [2.45, 2.75) is 45.1 Å². The van der Waals surface area contributed by atoms with Gasteiger partial charge in [-0.2, -0.15) is 0 Å². The van der Waals surface area contributed by atoms with Gasteiger partial charge in [-0.15, -0.1) is 0 Å². The van der Waals surface area contributed by atoms with E-state index in [1.165, 1.54) is 4.90 Å². The molecule has 1 rings (SSSR count). The van der Waals surface area contributed by atoms with Crippen LogP contribution in [-0.2, 0) is 9.59 Å². The molecule has 1 fully saturated rings. The van der Waals surface area contributed by atoms with Crippen LogP contribution in [0.15, 0.2) is 0 Å². The fraction of sp³-hybridized carbons (Fsp3) is 0.778. The first kappa shape index (κ1) is 9.23. The van der Waals surface area contributed by atoms with Crippen molar-refractivity contribution < 1.29 is 9.59 Å². The molecular formula is C9H15NO2. The molecule has 0 atom stereocenters. The van der Waals surface area contributed by atoms with E-state index in [-0.39, 0.29) is 11.9 Å². The summed E-state index contributed by atoms with van der Waals surface area (Å²) in [6, 6.07) is 0.229. The molecule has 0 heterocycles. The largest absolute Gasteiger partial charge is 0.282 e. The van der Waals surface area contributed by atoms with Crippen molar-refractivity contribution in [3.05, 3.63) is 0 Å². The Morgan fingerprint density at radius 3 is 2.67 bits per heavy atom. The topological polar surface area (TPSA) is 37.4 Å². The van der Waals surface area contributed by atoms with Gasteiger partial charge in [0.15, 0.2) is 0 Å². The average Bonchev–Trinajstić information content (AvgIpc) is 2.86. The molecular weight excluding hydrogens is 154 g/mol. The molecule has 0 spiro atoms. The molecule has 68 valence electrons. The van der Waals surface area contributed by atoms with Crippen LogP contribution in [0.2, 0.25) is 0 Å². The second kappa shape index (κ2) is 4.24. The van der Waals surface area contributed by atoms with Crippen LogP contribution in [0.3, 0.4) is 0 Å². The van der Waals surface area contributed by atoms with E-state index in [2.05, 4.69) is 0 Å². The Bertz CT molecular complexity index is 175. The molecule has 0 aliphatic heterocycles. The lowest BCUT2D eigenvalue weighted by atomic mass is 10.2. The summed E-state index contributed by atoms with van der Waals surface area (Å²) in [6.07, 6.45) is 5.08. The zero-order valence-corrected chi connectivity index (χ0v) is 7.45. The minimum absolute atomic E-state index is 0.00523. The highest BCUT2D eigenvalue weighted by Gasteiger charge is 2.31. The summed E-state index contributed by atoms with van der Waals surface area (Å²) in [5.74, 6) is -0.00523. The molecule has 3 heteroatoms. The zero-order chi connectivity index (χ0) is 8.97. The molecule has 3 nitrogen and oxygen atoms in total. The van der Waals surface area contributed by atoms with E-state index in [9.17, 15) is 9.59 Å². The molecule has 0 bridgehead atoms. The van der Waals surface area contributed by atoms with Gasteiger partial charge in [0.2, 0.25) is 12.3 Å². The summed E-state index contributed by atoms with van der Waals surface area (Å²) in [7, 11) is 0. The Labute approximate surface area is 72.7 Å². The summed E-state index contributed by atoms with van der Waals surface area (Å²) >= 11 is 0. The number of hydrogen-bond acceptors (Lipinski definition) is 2. The molecule has 0 aromatic heterocycles. The maximum absolute atomic E-state index is 11.3. The van der Waals surface area contributed by atoms with E-state index in [1.807, 2.05) is 6.92 Å². The van der Waals surface area contributed by atoms with Crippen molar-refractivity contribution in [3.8, 4) is 0 Å². The predicted octanol–water partition coefficient (Wildman–Crippen LogP) is 1.32. The highest BCUT2D eigenvalue weighted by Crippen LogP contribution is 2.26. The third-order valence-electron chi connectivity index (χ3n) is 2.09. The van der Waals surface area contributed by atoms with Crippen LogP contribution in [0, 0.1) is 0 Å². The summed E-state index contributed by atoms with van der Waals surface area (Å²) in [4.78, 5) is 23.2. The first-order chi connectivity index (χ1) is 5.79. The zero-order valence-electron chi connectivity index (χ0n) is 7.45. The van der Waals surface area contributed by atoms with Gasteiger partial charge in [-0.25, -0.2) is 0 Å². The lowest BCUT2D eigenvalue weighted by Crippen LogP contribution is -2.31. The van der Waals surface area contributed by atoms with Crippen LogP contribution in [0.5, 0.6) is 0 Å². The molecule has 0 aromatic rings. The van der Waals surface area contributed by atoms with E-state index in [4.69, 9.17) is 0 Å². The normalized spacial score (nSPS) is 15.8. The number of imide groups is 1. The van der Waals surface area contributed by atoms with Crippen LogP contribution in [0.25, 0.3) is 0 Å². The summed E-state index contributed by atoms with van der Waals surface area (Å²) in [6.45, 7) is 2.04. The Hall–Kier alpha value is -0.860. The molecule has 12 heavy (non-hydrogen) atoms. The molecule has 0 aromatic carbocycles. The summed E-state index contributed by atoms with van der Waals surface area (Å²) < 4.78 is 0. The third-order valence-corrected chi connectivity index (χ3v) is 2.09. The number of unbranched alkanes of at least 4 members (excludes halogenated alkanes) is 1. The van der Waals surface area contributed by atoms with Crippen molar-refractivity contribution in [3.63, 3.8) is 0 Å². The molecule has 0 N–H and O–H groups in total. The van der Waals surface area contributed by atoms with Gasteiger partial charge in [0.25, 0.3) is 0 Å². The lowest BCUT2D eigenvalue weighted by Gasteiger charge is -2.13. The SMILES string of the molecule is CCCCC(=O)N(C=O)C1CC1. The number of hydrogen-bond donors (Lipinski definition) is 0. The van der Waals surface area contributed by atoms with Gasteiger partial charge in [0.05, 0.1) is 0 Å². The van der Waals surface area contributed by atoms with Crippen LogP contribution in [-0.4, -0.2) is 23.3 Å². The van der Waals surface area contributed by atoms with E-state index >= 15 is 0 Å². The van der Waals surface area contributed by atoms with Gasteiger partial charge in [-0.1, -0.05) is 13.3 Å². The van der Waals surface area contributed by atoms with Crippen molar-refractivity contribution >= 4 is 12.3 Å². The number of carbonyl (C=O) groups excluding carboxylic acids is 2. The maximum atomic E-state index is 11.3. The lowest BCUT2D eigenvalue weighted by molar-refractivity contribution is -0.138. The van der Waals surface area contributed by atoms with Gasteiger partial charge in [0.1, 0.15) is 0 Å². The number of nitrogens with zero attached hydrogens (tertiary/aromatic N) is 1. The third kappa shape index (κ3) is 2.32. The molecule has 1 aliphatic carbocycles. The number of rotatable bonds is 5. The maximum Gasteiger partial charge on any atom is 0.229 e.